The van der Waals surface area contributed by atoms with Gasteiger partial charge in [-0.1, -0.05) is 6.92 Å². The van der Waals surface area contributed by atoms with Crippen molar-refractivity contribution in [1.82, 2.24) is 10.2 Å². The fraction of sp³-hybridized carbons (Fsp3) is 0.562. The quantitative estimate of drug-likeness (QED) is 0.481. The minimum atomic E-state index is -0.814. The Hall–Kier alpha value is -2.55. The van der Waals surface area contributed by atoms with Crippen molar-refractivity contribution in [2.45, 2.75) is 13.3 Å². The number of amides is 4. The van der Waals surface area contributed by atoms with Gasteiger partial charge in [0.1, 0.15) is 12.0 Å². The third-order valence-corrected chi connectivity index (χ3v) is 3.77. The average molecular weight is 351 g/mol. The molecule has 2 aliphatic heterocycles. The van der Waals surface area contributed by atoms with Gasteiger partial charge in [-0.25, -0.2) is 4.79 Å². The second kappa shape index (κ2) is 8.52. The van der Waals surface area contributed by atoms with E-state index >= 15 is 0 Å². The summed E-state index contributed by atoms with van der Waals surface area (Å²) in [5, 5.41) is 2.59. The first kappa shape index (κ1) is 18.8. The van der Waals surface area contributed by atoms with E-state index in [9.17, 15) is 14.4 Å². The minimum Gasteiger partial charge on any atom is -0.496 e. The molecule has 25 heavy (non-hydrogen) atoms. The zero-order valence-electron chi connectivity index (χ0n) is 14.7. The van der Waals surface area contributed by atoms with Crippen LogP contribution < -0.4 is 5.32 Å². The van der Waals surface area contributed by atoms with E-state index in [-0.39, 0.29) is 6.54 Å². The summed E-state index contributed by atoms with van der Waals surface area (Å²) >= 11 is 0. The van der Waals surface area contributed by atoms with Crippen LogP contribution in [0.5, 0.6) is 0 Å². The Labute approximate surface area is 146 Å². The molecule has 0 spiro atoms. The molecule has 0 aromatic heterocycles. The molecule has 0 aromatic carbocycles. The van der Waals surface area contributed by atoms with Crippen LogP contribution in [0.1, 0.15) is 13.3 Å². The minimum absolute atomic E-state index is 0.303. The first-order chi connectivity index (χ1) is 12.0. The van der Waals surface area contributed by atoms with E-state index in [1.807, 2.05) is 6.92 Å². The van der Waals surface area contributed by atoms with Crippen molar-refractivity contribution in [2.75, 3.05) is 40.5 Å². The van der Waals surface area contributed by atoms with Crippen molar-refractivity contribution in [1.29, 1.82) is 0 Å². The number of nitrogens with one attached hydrogen (secondary N) is 1. The number of ether oxygens (including phenoxy) is 2. The summed E-state index contributed by atoms with van der Waals surface area (Å²) < 4.78 is 11.8. The summed E-state index contributed by atoms with van der Waals surface area (Å²) in [5.74, 6) is -1.03. The van der Waals surface area contributed by atoms with Crippen molar-refractivity contribution in [2.24, 2.45) is 10.9 Å². The Morgan fingerprint density at radius 2 is 2.16 bits per heavy atom. The monoisotopic (exact) mass is 351 g/mol. The predicted octanol–water partition coefficient (Wildman–Crippen LogP) is -0.237. The number of carbonyl (C=O) groups excluding carboxylic acids is 3. The fourth-order valence-electron chi connectivity index (χ4n) is 2.52. The van der Waals surface area contributed by atoms with Crippen molar-refractivity contribution in [3.05, 3.63) is 11.8 Å². The summed E-state index contributed by atoms with van der Waals surface area (Å²) in [6.45, 7) is 2.70. The molecule has 2 heterocycles. The lowest BCUT2D eigenvalue weighted by Crippen LogP contribution is -2.57. The number of hydrogen-bond donors (Lipinski definition) is 1. The van der Waals surface area contributed by atoms with Crippen LogP contribution in [0.25, 0.3) is 0 Å². The maximum absolute atomic E-state index is 12.8. The van der Waals surface area contributed by atoms with Gasteiger partial charge < -0.3 is 14.8 Å². The molecule has 0 saturated heterocycles. The van der Waals surface area contributed by atoms with E-state index in [1.165, 1.54) is 24.9 Å². The highest BCUT2D eigenvalue weighted by Gasteiger charge is 2.50. The van der Waals surface area contributed by atoms with Gasteiger partial charge in [0.2, 0.25) is 0 Å². The fourth-order valence-corrected chi connectivity index (χ4v) is 2.52. The number of fused-ring (bicyclic) bond motifs is 1. The Morgan fingerprint density at radius 1 is 1.40 bits per heavy atom. The van der Waals surface area contributed by atoms with Gasteiger partial charge in [-0.3, -0.25) is 9.59 Å². The maximum Gasteiger partial charge on any atom is 0.446 e. The number of dihydropyridines is 1. The predicted molar refractivity (Wildman–Crippen MR) is 89.5 cm³/mol. The largest absolute Gasteiger partial charge is 0.496 e. The first-order valence-electron chi connectivity index (χ1n) is 8.09. The van der Waals surface area contributed by atoms with Crippen LogP contribution in [0.3, 0.4) is 0 Å². The van der Waals surface area contributed by atoms with Gasteiger partial charge in [0, 0.05) is 19.7 Å². The topological polar surface area (TPSA) is 100 Å². The lowest BCUT2D eigenvalue weighted by Gasteiger charge is -2.28. The number of aliphatic imine (C=N–C) groups is 1. The lowest BCUT2D eigenvalue weighted by molar-refractivity contribution is -0.408. The van der Waals surface area contributed by atoms with Crippen molar-refractivity contribution < 1.29 is 28.4 Å². The van der Waals surface area contributed by atoms with E-state index in [1.54, 1.807) is 6.08 Å². The number of imide groups is 1. The van der Waals surface area contributed by atoms with E-state index in [0.29, 0.717) is 31.4 Å². The number of hydrogen-bond acceptors (Lipinski definition) is 6. The van der Waals surface area contributed by atoms with Gasteiger partial charge in [-0.05, 0) is 6.42 Å². The Morgan fingerprint density at radius 3 is 2.84 bits per heavy atom. The van der Waals surface area contributed by atoms with Crippen LogP contribution in [0.15, 0.2) is 16.8 Å². The number of amidine groups is 1. The Kier molecular flexibility index (Phi) is 6.40. The van der Waals surface area contributed by atoms with Crippen LogP contribution >= 0.6 is 0 Å². The number of rotatable bonds is 8. The molecule has 4 amide bonds. The molecular formula is C16H23N4O5+. The lowest BCUT2D eigenvalue weighted by atomic mass is 9.99. The molecule has 0 aromatic rings. The normalized spacial score (nSPS) is 19.7. The zero-order chi connectivity index (χ0) is 18.4. The van der Waals surface area contributed by atoms with E-state index in [4.69, 9.17) is 9.47 Å². The highest BCUT2D eigenvalue weighted by Crippen LogP contribution is 2.25. The number of nitrogens with zero attached hydrogens (tertiary/aromatic N) is 3. The smallest absolute Gasteiger partial charge is 0.446 e. The van der Waals surface area contributed by atoms with Crippen LogP contribution in [-0.4, -0.2) is 79.8 Å². The van der Waals surface area contributed by atoms with E-state index < -0.39 is 23.8 Å². The van der Waals surface area contributed by atoms with Gasteiger partial charge in [0.05, 0.1) is 20.3 Å². The molecule has 1 N–H and O–H groups in total. The van der Waals surface area contributed by atoms with Gasteiger partial charge in [0.25, 0.3) is 11.7 Å². The number of carbonyl (C=O) groups is 3. The van der Waals surface area contributed by atoms with Gasteiger partial charge in [-0.15, -0.1) is 4.99 Å². The van der Waals surface area contributed by atoms with Crippen LogP contribution in [-0.2, 0) is 19.1 Å². The number of methoxy groups -OCH3 is 1. The summed E-state index contributed by atoms with van der Waals surface area (Å²) in [6, 6.07) is -0.591. The van der Waals surface area contributed by atoms with Gasteiger partial charge in [0.15, 0.2) is 12.5 Å². The summed E-state index contributed by atoms with van der Waals surface area (Å²) in [6.07, 6.45) is 3.90. The molecule has 0 radical (unpaired) electrons. The SMILES string of the molecule is CCCOC1=CC=NC2=[N+](C)C(=O)N(CC(=O)NCCOC)C(=O)C12. The molecular weight excluding hydrogens is 328 g/mol. The van der Waals surface area contributed by atoms with Crippen molar-refractivity contribution >= 4 is 29.9 Å². The molecule has 1 atom stereocenters. The standard InChI is InChI=1S/C16H22N4O5/c1-4-8-25-11-5-6-18-14-13(11)15(22)20(16(23)19(14)2)10-12(21)17-7-9-24-3/h5-6,13H,4,7-10H2,1-3H3/p+1. The molecule has 2 aliphatic rings. The highest BCUT2D eigenvalue weighted by molar-refractivity contribution is 6.16. The van der Waals surface area contributed by atoms with E-state index in [0.717, 1.165) is 11.3 Å². The van der Waals surface area contributed by atoms with Crippen molar-refractivity contribution in [3.8, 4) is 0 Å². The molecule has 0 fully saturated rings. The summed E-state index contributed by atoms with van der Waals surface area (Å²) in [4.78, 5) is 42.3. The molecule has 1 unspecified atom stereocenters. The zero-order valence-corrected chi connectivity index (χ0v) is 14.7. The molecule has 9 nitrogen and oxygen atoms in total. The van der Waals surface area contributed by atoms with Crippen molar-refractivity contribution in [3.63, 3.8) is 0 Å². The van der Waals surface area contributed by atoms with E-state index in [2.05, 4.69) is 10.3 Å². The van der Waals surface area contributed by atoms with Crippen LogP contribution in [0, 0.1) is 5.92 Å². The maximum atomic E-state index is 12.8. The first-order valence-corrected chi connectivity index (χ1v) is 8.09. The van der Waals surface area contributed by atoms with Gasteiger partial charge in [-0.2, -0.15) is 9.48 Å². The van der Waals surface area contributed by atoms with Gasteiger partial charge >= 0.3 is 11.9 Å². The number of allylic oxidation sites excluding steroid dienone is 1. The molecule has 136 valence electrons. The molecule has 0 saturated carbocycles. The second-order valence-electron chi connectivity index (χ2n) is 5.60. The summed E-state index contributed by atoms with van der Waals surface area (Å²) in [5.41, 5.74) is 0. The highest BCUT2D eigenvalue weighted by atomic mass is 16.5. The third kappa shape index (κ3) is 4.11. The van der Waals surface area contributed by atoms with Crippen LogP contribution in [0.2, 0.25) is 0 Å². The molecule has 0 bridgehead atoms. The Balaban J connectivity index is 2.19. The Bertz CT molecular complexity index is 653. The summed E-state index contributed by atoms with van der Waals surface area (Å²) in [7, 11) is 3.04. The molecule has 9 heteroatoms. The third-order valence-electron chi connectivity index (χ3n) is 3.77. The van der Waals surface area contributed by atoms with Crippen LogP contribution in [0.4, 0.5) is 4.79 Å². The number of urea groups is 1. The second-order valence-corrected chi connectivity index (χ2v) is 5.60. The molecule has 0 aliphatic carbocycles. The molecule has 2 rings (SSSR count). The average Bonchev–Trinajstić information content (AvgIpc) is 2.61.